The van der Waals surface area contributed by atoms with E-state index in [1.165, 1.54) is 6.07 Å². The van der Waals surface area contributed by atoms with E-state index in [0.29, 0.717) is 0 Å². The Morgan fingerprint density at radius 3 is 2.79 bits per heavy atom. The van der Waals surface area contributed by atoms with Gasteiger partial charge in [0.15, 0.2) is 0 Å². The van der Waals surface area contributed by atoms with Crippen molar-refractivity contribution in [1.82, 2.24) is 10.3 Å². The van der Waals surface area contributed by atoms with E-state index in [1.54, 1.807) is 18.5 Å². The molecule has 0 aliphatic heterocycles. The van der Waals surface area contributed by atoms with Crippen LogP contribution >= 0.6 is 23.2 Å². The minimum Gasteiger partial charge on any atom is -0.348 e. The Kier molecular flexibility index (Phi) is 4.35. The lowest BCUT2D eigenvalue weighted by molar-refractivity contribution is 0.0950. The van der Waals surface area contributed by atoms with Crippen molar-refractivity contribution in [3.63, 3.8) is 0 Å². The number of hydrogen-bond acceptors (Lipinski definition) is 2. The third kappa shape index (κ3) is 3.43. The molecular weight excluding hydrogens is 290 g/mol. The average molecular weight is 299 g/mol. The number of amides is 1. The van der Waals surface area contributed by atoms with E-state index in [0.717, 1.165) is 11.6 Å². The van der Waals surface area contributed by atoms with Crippen LogP contribution in [-0.2, 0) is 6.54 Å². The Labute approximate surface area is 119 Å². The van der Waals surface area contributed by atoms with Crippen LogP contribution in [-0.4, -0.2) is 10.9 Å². The van der Waals surface area contributed by atoms with E-state index in [-0.39, 0.29) is 22.2 Å². The average Bonchev–Trinajstić information content (AvgIpc) is 2.41. The molecule has 0 radical (unpaired) electrons. The second kappa shape index (κ2) is 5.99. The second-order valence-corrected chi connectivity index (χ2v) is 4.60. The molecule has 3 nitrogen and oxygen atoms in total. The highest BCUT2D eigenvalue weighted by atomic mass is 35.5. The Hall–Kier alpha value is -1.65. The third-order valence-electron chi connectivity index (χ3n) is 2.43. The highest BCUT2D eigenvalue weighted by Crippen LogP contribution is 2.24. The minimum absolute atomic E-state index is 0.0486. The fourth-order valence-electron chi connectivity index (χ4n) is 1.48. The third-order valence-corrected chi connectivity index (χ3v) is 3.03. The van der Waals surface area contributed by atoms with Crippen molar-refractivity contribution in [2.45, 2.75) is 6.54 Å². The molecule has 1 amide bonds. The highest BCUT2D eigenvalue weighted by Gasteiger charge is 2.13. The van der Waals surface area contributed by atoms with E-state index < -0.39 is 11.7 Å². The lowest BCUT2D eigenvalue weighted by atomic mass is 10.2. The second-order valence-electron chi connectivity index (χ2n) is 3.79. The monoisotopic (exact) mass is 298 g/mol. The van der Waals surface area contributed by atoms with Crippen molar-refractivity contribution in [3.8, 4) is 0 Å². The van der Waals surface area contributed by atoms with Gasteiger partial charge in [-0.1, -0.05) is 29.3 Å². The fourth-order valence-corrected chi connectivity index (χ4v) is 1.95. The first-order valence-electron chi connectivity index (χ1n) is 5.39. The molecule has 1 aromatic carbocycles. The van der Waals surface area contributed by atoms with Crippen molar-refractivity contribution < 1.29 is 9.18 Å². The van der Waals surface area contributed by atoms with Crippen molar-refractivity contribution in [2.24, 2.45) is 0 Å². The topological polar surface area (TPSA) is 42.0 Å². The zero-order valence-corrected chi connectivity index (χ0v) is 11.2. The maximum atomic E-state index is 13.3. The van der Waals surface area contributed by atoms with Crippen LogP contribution in [0.5, 0.6) is 0 Å². The van der Waals surface area contributed by atoms with Crippen LogP contribution in [0.4, 0.5) is 4.39 Å². The summed E-state index contributed by atoms with van der Waals surface area (Å²) < 4.78 is 13.3. The quantitative estimate of drug-likeness (QED) is 0.882. The molecule has 0 fully saturated rings. The Balaban J connectivity index is 2.10. The summed E-state index contributed by atoms with van der Waals surface area (Å²) in [6, 6.07) is 5.80. The van der Waals surface area contributed by atoms with E-state index in [9.17, 15) is 9.18 Å². The molecule has 1 aromatic heterocycles. The van der Waals surface area contributed by atoms with E-state index >= 15 is 0 Å². The molecule has 0 aliphatic rings. The molecule has 0 aliphatic carbocycles. The molecule has 0 saturated heterocycles. The zero-order valence-electron chi connectivity index (χ0n) is 9.66. The fraction of sp³-hybridized carbons (Fsp3) is 0.0769. The number of aromatic nitrogens is 1. The number of benzene rings is 1. The van der Waals surface area contributed by atoms with Gasteiger partial charge in [0.1, 0.15) is 5.82 Å². The van der Waals surface area contributed by atoms with Crippen LogP contribution in [0.2, 0.25) is 10.0 Å². The van der Waals surface area contributed by atoms with Gasteiger partial charge in [0.25, 0.3) is 5.91 Å². The van der Waals surface area contributed by atoms with Gasteiger partial charge in [-0.2, -0.15) is 0 Å². The first-order valence-corrected chi connectivity index (χ1v) is 6.15. The summed E-state index contributed by atoms with van der Waals surface area (Å²) in [5.41, 5.74) is 0.883. The SMILES string of the molecule is O=C(NCc1cccnc1)c1cc(F)c(Cl)cc1Cl. The van der Waals surface area contributed by atoms with E-state index in [4.69, 9.17) is 23.2 Å². The smallest absolute Gasteiger partial charge is 0.253 e. The van der Waals surface area contributed by atoms with Gasteiger partial charge in [0, 0.05) is 18.9 Å². The first-order chi connectivity index (χ1) is 9.08. The largest absolute Gasteiger partial charge is 0.348 e. The van der Waals surface area contributed by atoms with Crippen LogP contribution in [0.1, 0.15) is 15.9 Å². The summed E-state index contributed by atoms with van der Waals surface area (Å²) in [7, 11) is 0. The molecular formula is C13H9Cl2FN2O. The Morgan fingerprint density at radius 2 is 2.11 bits per heavy atom. The molecule has 0 unspecified atom stereocenters. The van der Waals surface area contributed by atoms with Crippen LogP contribution in [0.15, 0.2) is 36.7 Å². The van der Waals surface area contributed by atoms with Gasteiger partial charge < -0.3 is 5.32 Å². The van der Waals surface area contributed by atoms with Gasteiger partial charge in [-0.05, 0) is 23.8 Å². The van der Waals surface area contributed by atoms with Crippen LogP contribution in [0.3, 0.4) is 0 Å². The molecule has 0 atom stereocenters. The summed E-state index contributed by atoms with van der Waals surface area (Å²) in [5.74, 6) is -1.15. The molecule has 0 spiro atoms. The molecule has 1 N–H and O–H groups in total. The van der Waals surface area contributed by atoms with E-state index in [2.05, 4.69) is 10.3 Å². The number of pyridine rings is 1. The zero-order chi connectivity index (χ0) is 13.8. The van der Waals surface area contributed by atoms with Gasteiger partial charge in [-0.15, -0.1) is 0 Å². The van der Waals surface area contributed by atoms with Gasteiger partial charge in [-0.25, -0.2) is 4.39 Å². The van der Waals surface area contributed by atoms with Gasteiger partial charge in [0.05, 0.1) is 15.6 Å². The van der Waals surface area contributed by atoms with Gasteiger partial charge >= 0.3 is 0 Å². The van der Waals surface area contributed by atoms with Crippen LogP contribution in [0.25, 0.3) is 0 Å². The lowest BCUT2D eigenvalue weighted by Crippen LogP contribution is -2.23. The van der Waals surface area contributed by atoms with Crippen molar-refractivity contribution in [2.75, 3.05) is 0 Å². The number of nitrogens with one attached hydrogen (secondary N) is 1. The molecule has 98 valence electrons. The van der Waals surface area contributed by atoms with Crippen molar-refractivity contribution in [1.29, 1.82) is 0 Å². The van der Waals surface area contributed by atoms with E-state index in [1.807, 2.05) is 6.07 Å². The number of carbonyl (C=O) groups is 1. The number of nitrogens with zero attached hydrogens (tertiary/aromatic N) is 1. The first kappa shape index (κ1) is 13.8. The standard InChI is InChI=1S/C13H9Cl2FN2O/c14-10-5-11(15)12(16)4-9(10)13(19)18-7-8-2-1-3-17-6-8/h1-6H,7H2,(H,18,19). The van der Waals surface area contributed by atoms with Crippen molar-refractivity contribution >= 4 is 29.1 Å². The Morgan fingerprint density at radius 1 is 1.32 bits per heavy atom. The highest BCUT2D eigenvalue weighted by molar-refractivity contribution is 6.36. The number of carbonyl (C=O) groups excluding carboxylic acids is 1. The number of rotatable bonds is 3. The lowest BCUT2D eigenvalue weighted by Gasteiger charge is -2.07. The maximum Gasteiger partial charge on any atom is 0.253 e. The molecule has 1 heterocycles. The summed E-state index contributed by atoms with van der Waals surface area (Å²) >= 11 is 11.4. The predicted molar refractivity (Wildman–Crippen MR) is 71.8 cm³/mol. The number of halogens is 3. The molecule has 19 heavy (non-hydrogen) atoms. The maximum absolute atomic E-state index is 13.3. The summed E-state index contributed by atoms with van der Waals surface area (Å²) in [4.78, 5) is 15.8. The summed E-state index contributed by atoms with van der Waals surface area (Å²) in [5, 5.41) is 2.62. The van der Waals surface area contributed by atoms with Gasteiger partial charge in [-0.3, -0.25) is 9.78 Å². The summed E-state index contributed by atoms with van der Waals surface area (Å²) in [6.45, 7) is 0.285. The van der Waals surface area contributed by atoms with Crippen LogP contribution in [0, 0.1) is 5.82 Å². The molecule has 6 heteroatoms. The van der Waals surface area contributed by atoms with Crippen LogP contribution < -0.4 is 5.32 Å². The predicted octanol–water partition coefficient (Wildman–Crippen LogP) is 3.46. The molecule has 2 aromatic rings. The molecule has 2 rings (SSSR count). The molecule has 0 bridgehead atoms. The molecule has 0 saturated carbocycles. The summed E-state index contributed by atoms with van der Waals surface area (Å²) in [6.07, 6.45) is 3.26. The Bertz CT molecular complexity index is 605. The number of hydrogen-bond donors (Lipinski definition) is 1. The van der Waals surface area contributed by atoms with Crippen molar-refractivity contribution in [3.05, 3.63) is 63.6 Å². The minimum atomic E-state index is -0.683. The normalized spacial score (nSPS) is 10.3. The van der Waals surface area contributed by atoms with Gasteiger partial charge in [0.2, 0.25) is 0 Å².